The van der Waals surface area contributed by atoms with Crippen LogP contribution in [0.3, 0.4) is 0 Å². The number of nitrogens with one attached hydrogen (secondary N) is 2. The van der Waals surface area contributed by atoms with Crippen molar-refractivity contribution in [1.29, 1.82) is 0 Å². The SMILES string of the molecule is CC(C)(C)N=C(NC(=O)c1cccs1)NC(C)(C)C. The first kappa shape index (κ1) is 15.7. The Balaban J connectivity index is 2.87. The predicted molar refractivity (Wildman–Crippen MR) is 81.9 cm³/mol. The molecule has 1 rings (SSSR count). The van der Waals surface area contributed by atoms with Crippen LogP contribution in [0.5, 0.6) is 0 Å². The molecule has 106 valence electrons. The molecule has 0 aromatic carbocycles. The summed E-state index contributed by atoms with van der Waals surface area (Å²) in [5.41, 5.74) is -0.414. The van der Waals surface area contributed by atoms with E-state index in [0.29, 0.717) is 10.8 Å². The van der Waals surface area contributed by atoms with Gasteiger partial charge in [-0.25, -0.2) is 4.99 Å². The summed E-state index contributed by atoms with van der Waals surface area (Å²) < 4.78 is 0. The van der Waals surface area contributed by atoms with Gasteiger partial charge in [-0.15, -0.1) is 11.3 Å². The van der Waals surface area contributed by atoms with Crippen LogP contribution in [0, 0.1) is 0 Å². The van der Waals surface area contributed by atoms with Gasteiger partial charge in [-0.1, -0.05) is 6.07 Å². The fourth-order valence-electron chi connectivity index (χ4n) is 1.35. The zero-order valence-electron chi connectivity index (χ0n) is 12.5. The van der Waals surface area contributed by atoms with Crippen LogP contribution >= 0.6 is 11.3 Å². The van der Waals surface area contributed by atoms with E-state index >= 15 is 0 Å². The van der Waals surface area contributed by atoms with Crippen LogP contribution in [0.2, 0.25) is 0 Å². The standard InChI is InChI=1S/C14H23N3OS/c1-13(2,3)16-12(17-14(4,5)6)15-11(18)10-8-7-9-19-10/h7-9H,1-6H3,(H2,15,16,17,18). The molecule has 1 aromatic heterocycles. The summed E-state index contributed by atoms with van der Waals surface area (Å²) in [5.74, 6) is 0.383. The molecule has 0 aliphatic carbocycles. The number of nitrogens with zero attached hydrogens (tertiary/aromatic N) is 1. The van der Waals surface area contributed by atoms with E-state index in [-0.39, 0.29) is 17.0 Å². The second-order valence-corrected chi connectivity index (χ2v) is 7.39. The average Bonchev–Trinajstić information content (AvgIpc) is 2.63. The van der Waals surface area contributed by atoms with Gasteiger partial charge in [0.25, 0.3) is 5.91 Å². The molecule has 0 bridgehead atoms. The largest absolute Gasteiger partial charge is 0.351 e. The van der Waals surface area contributed by atoms with E-state index in [1.165, 1.54) is 11.3 Å². The van der Waals surface area contributed by atoms with Crippen LogP contribution in [-0.4, -0.2) is 22.9 Å². The van der Waals surface area contributed by atoms with Crippen molar-refractivity contribution in [2.24, 2.45) is 4.99 Å². The molecule has 5 heteroatoms. The summed E-state index contributed by atoms with van der Waals surface area (Å²) in [6.45, 7) is 12.1. The van der Waals surface area contributed by atoms with E-state index in [4.69, 9.17) is 0 Å². The van der Waals surface area contributed by atoms with Gasteiger partial charge in [0.15, 0.2) is 5.96 Å². The van der Waals surface area contributed by atoms with E-state index in [0.717, 1.165) is 0 Å². The van der Waals surface area contributed by atoms with Gasteiger partial charge in [-0.05, 0) is 53.0 Å². The third-order valence-electron chi connectivity index (χ3n) is 1.92. The minimum atomic E-state index is -0.254. The van der Waals surface area contributed by atoms with Crippen LogP contribution < -0.4 is 10.6 Å². The Morgan fingerprint density at radius 2 is 1.84 bits per heavy atom. The number of amides is 1. The highest BCUT2D eigenvalue weighted by molar-refractivity contribution is 7.12. The fourth-order valence-corrected chi connectivity index (χ4v) is 1.97. The number of aliphatic imine (C=N–C) groups is 1. The molecule has 2 N–H and O–H groups in total. The van der Waals surface area contributed by atoms with Crippen molar-refractivity contribution in [2.75, 3.05) is 0 Å². The number of thiophene rings is 1. The van der Waals surface area contributed by atoms with Gasteiger partial charge >= 0.3 is 0 Å². The van der Waals surface area contributed by atoms with Crippen molar-refractivity contribution in [3.63, 3.8) is 0 Å². The van der Waals surface area contributed by atoms with E-state index in [9.17, 15) is 4.79 Å². The summed E-state index contributed by atoms with van der Waals surface area (Å²) >= 11 is 1.41. The predicted octanol–water partition coefficient (Wildman–Crippen LogP) is 3.02. The summed E-state index contributed by atoms with van der Waals surface area (Å²) in [7, 11) is 0. The Hall–Kier alpha value is -1.36. The summed E-state index contributed by atoms with van der Waals surface area (Å²) in [5, 5.41) is 7.95. The van der Waals surface area contributed by atoms with E-state index in [2.05, 4.69) is 15.6 Å². The Labute approximate surface area is 119 Å². The third-order valence-corrected chi connectivity index (χ3v) is 2.79. The maximum absolute atomic E-state index is 12.1. The molecule has 0 saturated heterocycles. The normalized spacial score (nSPS) is 13.3. The summed E-state index contributed by atoms with van der Waals surface area (Å²) in [6, 6.07) is 3.66. The van der Waals surface area contributed by atoms with E-state index in [1.54, 1.807) is 6.07 Å². The Bertz CT molecular complexity index is 450. The maximum atomic E-state index is 12.1. The first-order valence-electron chi connectivity index (χ1n) is 6.30. The van der Waals surface area contributed by atoms with Crippen LogP contribution in [0.15, 0.2) is 22.5 Å². The van der Waals surface area contributed by atoms with Crippen LogP contribution in [0.25, 0.3) is 0 Å². The van der Waals surface area contributed by atoms with Gasteiger partial charge in [0.05, 0.1) is 10.4 Å². The quantitative estimate of drug-likeness (QED) is 0.614. The fraction of sp³-hybridized carbons (Fsp3) is 0.571. The molecule has 4 nitrogen and oxygen atoms in total. The van der Waals surface area contributed by atoms with Crippen molar-refractivity contribution in [1.82, 2.24) is 10.6 Å². The lowest BCUT2D eigenvalue weighted by Gasteiger charge is -2.25. The molecule has 0 atom stereocenters. The molecule has 0 radical (unpaired) electrons. The van der Waals surface area contributed by atoms with Gasteiger partial charge in [-0.3, -0.25) is 10.1 Å². The molecule has 1 heterocycles. The number of carbonyl (C=O) groups is 1. The van der Waals surface area contributed by atoms with Crippen LogP contribution in [-0.2, 0) is 0 Å². The number of guanidine groups is 1. The molecule has 0 aliphatic rings. The van der Waals surface area contributed by atoms with Crippen molar-refractivity contribution in [2.45, 2.75) is 52.6 Å². The summed E-state index contributed by atoms with van der Waals surface area (Å²) in [4.78, 5) is 17.3. The molecule has 1 amide bonds. The third kappa shape index (κ3) is 6.38. The molecule has 0 unspecified atom stereocenters. The van der Waals surface area contributed by atoms with Gasteiger partial charge in [0, 0.05) is 5.54 Å². The first-order valence-corrected chi connectivity index (χ1v) is 7.18. The summed E-state index contributed by atoms with van der Waals surface area (Å²) in [6.07, 6.45) is 0. The Kier molecular flexibility index (Phi) is 4.74. The highest BCUT2D eigenvalue weighted by Gasteiger charge is 2.18. The molecule has 19 heavy (non-hydrogen) atoms. The number of hydrogen-bond donors (Lipinski definition) is 2. The van der Waals surface area contributed by atoms with Gasteiger partial charge in [0.1, 0.15) is 0 Å². The topological polar surface area (TPSA) is 53.5 Å². The molecular weight excluding hydrogens is 258 g/mol. The highest BCUT2D eigenvalue weighted by atomic mass is 32.1. The van der Waals surface area contributed by atoms with Gasteiger partial charge < -0.3 is 5.32 Å². The Morgan fingerprint density at radius 1 is 1.21 bits per heavy atom. The number of rotatable bonds is 1. The van der Waals surface area contributed by atoms with Crippen molar-refractivity contribution >= 4 is 23.2 Å². The second-order valence-electron chi connectivity index (χ2n) is 6.44. The highest BCUT2D eigenvalue weighted by Crippen LogP contribution is 2.10. The van der Waals surface area contributed by atoms with E-state index < -0.39 is 0 Å². The lowest BCUT2D eigenvalue weighted by Crippen LogP contribution is -2.50. The zero-order valence-corrected chi connectivity index (χ0v) is 13.3. The van der Waals surface area contributed by atoms with Crippen molar-refractivity contribution < 1.29 is 4.79 Å². The second kappa shape index (κ2) is 5.74. The van der Waals surface area contributed by atoms with Crippen molar-refractivity contribution in [3.05, 3.63) is 22.4 Å². The maximum Gasteiger partial charge on any atom is 0.268 e. The van der Waals surface area contributed by atoms with Gasteiger partial charge in [0.2, 0.25) is 0 Å². The lowest BCUT2D eigenvalue weighted by molar-refractivity contribution is 0.0979. The minimum Gasteiger partial charge on any atom is -0.351 e. The number of hydrogen-bond acceptors (Lipinski definition) is 3. The molecular formula is C14H23N3OS. The molecule has 0 spiro atoms. The van der Waals surface area contributed by atoms with Crippen molar-refractivity contribution in [3.8, 4) is 0 Å². The zero-order chi connectivity index (χ0) is 14.7. The smallest absolute Gasteiger partial charge is 0.268 e. The van der Waals surface area contributed by atoms with Crippen LogP contribution in [0.4, 0.5) is 0 Å². The van der Waals surface area contributed by atoms with Gasteiger partial charge in [-0.2, -0.15) is 0 Å². The minimum absolute atomic E-state index is 0.130. The first-order chi connectivity index (χ1) is 8.57. The molecule has 0 aliphatic heterocycles. The van der Waals surface area contributed by atoms with E-state index in [1.807, 2.05) is 53.0 Å². The average molecular weight is 281 g/mol. The molecule has 1 aromatic rings. The lowest BCUT2D eigenvalue weighted by atomic mass is 10.1. The molecule has 0 fully saturated rings. The monoisotopic (exact) mass is 281 g/mol. The number of carbonyl (C=O) groups excluding carboxylic acids is 1. The Morgan fingerprint density at radius 3 is 2.26 bits per heavy atom. The molecule has 0 saturated carbocycles. The van der Waals surface area contributed by atoms with Crippen LogP contribution in [0.1, 0.15) is 51.2 Å².